The van der Waals surface area contributed by atoms with Gasteiger partial charge in [0.2, 0.25) is 5.91 Å². The number of hydrogen-bond acceptors (Lipinski definition) is 4. The maximum Gasteiger partial charge on any atom is 0.248 e. The number of carbonyl (C=O) groups excluding carboxylic acids is 1. The molecule has 2 rings (SSSR count). The van der Waals surface area contributed by atoms with Crippen molar-refractivity contribution < 1.29 is 14.6 Å². The molecule has 0 unspecified atom stereocenters. The number of nitrogens with zero attached hydrogens (tertiary/aromatic N) is 1. The van der Waals surface area contributed by atoms with Gasteiger partial charge in [-0.2, -0.15) is 0 Å². The summed E-state index contributed by atoms with van der Waals surface area (Å²) in [6.07, 6.45) is 4.62. The summed E-state index contributed by atoms with van der Waals surface area (Å²) in [7, 11) is 0. The molecule has 1 amide bonds. The van der Waals surface area contributed by atoms with Crippen LogP contribution in [0.15, 0.2) is 42.6 Å². The second-order valence-electron chi connectivity index (χ2n) is 4.65. The standard InChI is InChI=1S/C17H17ClN2O3/c1-2-23-15-6-5-14(9-13(15)11-21)20-17(22)8-4-12-3-7-16(18)19-10-12/h3-10,21H,2,11H2,1H3,(H,20,22)/b8-4+. The van der Waals surface area contributed by atoms with Gasteiger partial charge >= 0.3 is 0 Å². The van der Waals surface area contributed by atoms with Crippen molar-refractivity contribution in [3.8, 4) is 5.75 Å². The highest BCUT2D eigenvalue weighted by Gasteiger charge is 2.05. The van der Waals surface area contributed by atoms with E-state index in [1.165, 1.54) is 6.08 Å². The molecule has 0 spiro atoms. The average Bonchev–Trinajstić information content (AvgIpc) is 2.56. The first-order valence-corrected chi connectivity index (χ1v) is 7.47. The van der Waals surface area contributed by atoms with Gasteiger partial charge in [-0.05, 0) is 42.8 Å². The van der Waals surface area contributed by atoms with Crippen LogP contribution in [0.5, 0.6) is 5.75 Å². The molecular formula is C17H17ClN2O3. The van der Waals surface area contributed by atoms with Crippen LogP contribution in [-0.2, 0) is 11.4 Å². The molecule has 120 valence electrons. The Kier molecular flexibility index (Phi) is 6.14. The van der Waals surface area contributed by atoms with Crippen molar-refractivity contribution in [2.45, 2.75) is 13.5 Å². The maximum absolute atomic E-state index is 11.9. The van der Waals surface area contributed by atoms with E-state index < -0.39 is 0 Å². The number of aromatic nitrogens is 1. The molecule has 0 aliphatic rings. The topological polar surface area (TPSA) is 71.5 Å². The molecule has 5 nitrogen and oxygen atoms in total. The van der Waals surface area contributed by atoms with Crippen molar-refractivity contribution in [1.29, 1.82) is 0 Å². The van der Waals surface area contributed by atoms with Crippen molar-refractivity contribution in [1.82, 2.24) is 4.98 Å². The van der Waals surface area contributed by atoms with Gasteiger partial charge in [0.05, 0.1) is 13.2 Å². The fourth-order valence-electron chi connectivity index (χ4n) is 1.92. The molecule has 23 heavy (non-hydrogen) atoms. The fourth-order valence-corrected chi connectivity index (χ4v) is 2.03. The Morgan fingerprint density at radius 2 is 2.22 bits per heavy atom. The minimum atomic E-state index is -0.284. The second kappa shape index (κ2) is 8.31. The summed E-state index contributed by atoms with van der Waals surface area (Å²) < 4.78 is 5.40. The van der Waals surface area contributed by atoms with Gasteiger partial charge in [-0.3, -0.25) is 4.79 Å². The number of hydrogen-bond donors (Lipinski definition) is 2. The highest BCUT2D eigenvalue weighted by atomic mass is 35.5. The van der Waals surface area contributed by atoms with Crippen LogP contribution in [0.3, 0.4) is 0 Å². The molecule has 2 N–H and O–H groups in total. The fraction of sp³-hybridized carbons (Fsp3) is 0.176. The minimum absolute atomic E-state index is 0.161. The third-order valence-electron chi connectivity index (χ3n) is 2.98. The first-order valence-electron chi connectivity index (χ1n) is 7.09. The summed E-state index contributed by atoms with van der Waals surface area (Å²) in [5.41, 5.74) is 1.98. The Balaban J connectivity index is 2.03. The van der Waals surface area contributed by atoms with E-state index in [-0.39, 0.29) is 12.5 Å². The van der Waals surface area contributed by atoms with Crippen LogP contribution in [0.25, 0.3) is 6.08 Å². The monoisotopic (exact) mass is 332 g/mol. The van der Waals surface area contributed by atoms with E-state index in [9.17, 15) is 9.90 Å². The van der Waals surface area contributed by atoms with Gasteiger partial charge in [0, 0.05) is 23.5 Å². The van der Waals surface area contributed by atoms with Crippen LogP contribution in [-0.4, -0.2) is 22.6 Å². The maximum atomic E-state index is 11.9. The van der Waals surface area contributed by atoms with Crippen molar-refractivity contribution >= 4 is 29.3 Å². The number of aliphatic hydroxyl groups is 1. The molecule has 0 atom stereocenters. The van der Waals surface area contributed by atoms with E-state index in [1.54, 1.807) is 42.6 Å². The van der Waals surface area contributed by atoms with Crippen LogP contribution in [0.2, 0.25) is 5.15 Å². The van der Waals surface area contributed by atoms with Crippen LogP contribution in [0, 0.1) is 0 Å². The largest absolute Gasteiger partial charge is 0.494 e. The van der Waals surface area contributed by atoms with E-state index in [0.29, 0.717) is 28.8 Å². The molecule has 0 aliphatic heterocycles. The van der Waals surface area contributed by atoms with Crippen molar-refractivity contribution in [3.05, 3.63) is 58.9 Å². The zero-order valence-electron chi connectivity index (χ0n) is 12.6. The van der Waals surface area contributed by atoms with Gasteiger partial charge in [-0.1, -0.05) is 17.7 Å². The Morgan fingerprint density at radius 1 is 1.39 bits per heavy atom. The summed E-state index contributed by atoms with van der Waals surface area (Å²) >= 11 is 5.70. The molecule has 0 aliphatic carbocycles. The predicted octanol–water partition coefficient (Wildman–Crippen LogP) is 3.28. The van der Waals surface area contributed by atoms with Gasteiger partial charge < -0.3 is 15.2 Å². The summed E-state index contributed by atoms with van der Waals surface area (Å²) in [4.78, 5) is 15.9. The SMILES string of the molecule is CCOc1ccc(NC(=O)/C=C/c2ccc(Cl)nc2)cc1CO. The molecule has 6 heteroatoms. The Bertz CT molecular complexity index is 699. The number of nitrogens with one attached hydrogen (secondary N) is 1. The predicted molar refractivity (Wildman–Crippen MR) is 90.4 cm³/mol. The summed E-state index contributed by atoms with van der Waals surface area (Å²) in [5, 5.41) is 12.5. The minimum Gasteiger partial charge on any atom is -0.494 e. The molecule has 1 aromatic carbocycles. The Labute approximate surface area is 139 Å². The van der Waals surface area contributed by atoms with Gasteiger partial charge in [0.15, 0.2) is 0 Å². The molecule has 0 fully saturated rings. The van der Waals surface area contributed by atoms with E-state index >= 15 is 0 Å². The van der Waals surface area contributed by atoms with Crippen LogP contribution in [0.4, 0.5) is 5.69 Å². The second-order valence-corrected chi connectivity index (χ2v) is 5.04. The zero-order valence-corrected chi connectivity index (χ0v) is 13.4. The van der Waals surface area contributed by atoms with E-state index in [1.807, 2.05) is 6.92 Å². The first-order chi connectivity index (χ1) is 11.1. The lowest BCUT2D eigenvalue weighted by Gasteiger charge is -2.10. The first kappa shape index (κ1) is 17.0. The van der Waals surface area contributed by atoms with Gasteiger partial charge in [-0.25, -0.2) is 4.98 Å². The molecule has 0 saturated carbocycles. The number of carbonyl (C=O) groups is 1. The number of amides is 1. The number of aliphatic hydroxyl groups excluding tert-OH is 1. The summed E-state index contributed by atoms with van der Waals surface area (Å²) in [6.45, 7) is 2.22. The lowest BCUT2D eigenvalue weighted by Crippen LogP contribution is -2.08. The Morgan fingerprint density at radius 3 is 2.87 bits per heavy atom. The summed E-state index contributed by atoms with van der Waals surface area (Å²) in [6, 6.07) is 8.54. The van der Waals surface area contributed by atoms with Crippen LogP contribution >= 0.6 is 11.6 Å². The van der Waals surface area contributed by atoms with Gasteiger partial charge in [0.25, 0.3) is 0 Å². The number of rotatable bonds is 6. The number of pyridine rings is 1. The molecule has 0 bridgehead atoms. The number of anilines is 1. The molecular weight excluding hydrogens is 316 g/mol. The molecule has 0 saturated heterocycles. The van der Waals surface area contributed by atoms with Crippen LogP contribution in [0.1, 0.15) is 18.1 Å². The number of ether oxygens (including phenoxy) is 1. The zero-order chi connectivity index (χ0) is 16.7. The van der Waals surface area contributed by atoms with Crippen molar-refractivity contribution in [2.24, 2.45) is 0 Å². The van der Waals surface area contributed by atoms with Crippen LogP contribution < -0.4 is 10.1 Å². The quantitative estimate of drug-likeness (QED) is 0.629. The highest BCUT2D eigenvalue weighted by molar-refractivity contribution is 6.29. The lowest BCUT2D eigenvalue weighted by atomic mass is 10.2. The lowest BCUT2D eigenvalue weighted by molar-refractivity contribution is -0.111. The molecule has 1 aromatic heterocycles. The van der Waals surface area contributed by atoms with E-state index in [4.69, 9.17) is 16.3 Å². The molecule has 1 heterocycles. The molecule has 2 aromatic rings. The highest BCUT2D eigenvalue weighted by Crippen LogP contribution is 2.23. The molecule has 0 radical (unpaired) electrons. The van der Waals surface area contributed by atoms with Gasteiger partial charge in [0.1, 0.15) is 10.9 Å². The van der Waals surface area contributed by atoms with E-state index in [2.05, 4.69) is 10.3 Å². The number of benzene rings is 1. The number of halogens is 1. The van der Waals surface area contributed by atoms with E-state index in [0.717, 1.165) is 5.56 Å². The third-order valence-corrected chi connectivity index (χ3v) is 3.20. The van der Waals surface area contributed by atoms with Gasteiger partial charge in [-0.15, -0.1) is 0 Å². The van der Waals surface area contributed by atoms with Crippen molar-refractivity contribution in [3.63, 3.8) is 0 Å². The average molecular weight is 333 g/mol. The smallest absolute Gasteiger partial charge is 0.248 e. The summed E-state index contributed by atoms with van der Waals surface area (Å²) in [5.74, 6) is 0.323. The third kappa shape index (κ3) is 5.09. The normalized spacial score (nSPS) is 10.7. The van der Waals surface area contributed by atoms with Crippen molar-refractivity contribution in [2.75, 3.05) is 11.9 Å². The Hall–Kier alpha value is -2.37.